The van der Waals surface area contributed by atoms with Gasteiger partial charge in [0.25, 0.3) is 14.7 Å². The molecule has 0 spiro atoms. The second-order valence-electron chi connectivity index (χ2n) is 13.7. The minimum absolute atomic E-state index is 0. The second-order valence-corrected chi connectivity index (χ2v) is 23.2. The molecule has 7 aromatic carbocycles. The van der Waals surface area contributed by atoms with Crippen LogP contribution in [0, 0.1) is 0 Å². The predicted molar refractivity (Wildman–Crippen MR) is 293 cm³/mol. The smallest absolute Gasteiger partial charge is 0.296 e. The molecule has 0 bridgehead atoms. The largest absolute Gasteiger partial charge is 0.473 e. The van der Waals surface area contributed by atoms with Crippen molar-refractivity contribution in [2.75, 3.05) is 24.2 Å². The molecular weight excluding hydrogens is 926 g/mol. The van der Waals surface area contributed by atoms with Crippen LogP contribution in [-0.2, 0) is 15.7 Å². The van der Waals surface area contributed by atoms with Crippen molar-refractivity contribution >= 4 is 72.4 Å². The molecule has 0 saturated heterocycles. The number of nitrogens with zero attached hydrogens (tertiary/aromatic N) is 1. The van der Waals surface area contributed by atoms with E-state index in [1.54, 1.807) is 0 Å². The van der Waals surface area contributed by atoms with E-state index in [9.17, 15) is 0 Å². The summed E-state index contributed by atoms with van der Waals surface area (Å²) in [7, 11) is -1.99. The summed E-state index contributed by atoms with van der Waals surface area (Å²) in [5, 5.41) is 14.1. The molecule has 4 N–H and O–H groups in total. The summed E-state index contributed by atoms with van der Waals surface area (Å²) in [5.74, 6) is 1.73. The highest BCUT2D eigenvalue weighted by Crippen LogP contribution is 2.79. The molecule has 0 radical (unpaired) electrons. The number of anilines is 2. The third-order valence-corrected chi connectivity index (χ3v) is 16.8. The minimum Gasteiger partial charge on any atom is -0.473 e. The Hall–Kier alpha value is -4.36. The lowest BCUT2D eigenvalue weighted by molar-refractivity contribution is 0.0773. The number of hydrogen-bond acceptors (Lipinski definition) is 9. The maximum absolute atomic E-state index is 16.1. The quantitative estimate of drug-likeness (QED) is 0.0896. The lowest BCUT2D eigenvalue weighted by atomic mass is 10.0. The number of aliphatic hydroxyl groups excluding tert-OH is 1. The van der Waals surface area contributed by atoms with E-state index in [4.69, 9.17) is 29.7 Å². The van der Waals surface area contributed by atoms with E-state index < -0.39 is 26.9 Å². The van der Waals surface area contributed by atoms with Crippen molar-refractivity contribution in [3.8, 4) is 39.5 Å². The first kappa shape index (κ1) is 56.8. The van der Waals surface area contributed by atoms with E-state index in [0.717, 1.165) is 52.9 Å². The predicted octanol–water partition coefficient (Wildman–Crippen LogP) is 13.4. The summed E-state index contributed by atoms with van der Waals surface area (Å²) in [5.41, 5.74) is 12.0. The number of aliphatic hydroxyl groups is 2. The van der Waals surface area contributed by atoms with Crippen molar-refractivity contribution in [2.24, 2.45) is 0 Å². The Morgan fingerprint density at radius 2 is 0.985 bits per heavy atom. The number of nitrogen functional groups attached to an aromatic ring is 1. The summed E-state index contributed by atoms with van der Waals surface area (Å²) < 4.78 is 51.7. The van der Waals surface area contributed by atoms with E-state index in [0.29, 0.717) is 40.9 Å². The van der Waals surface area contributed by atoms with Gasteiger partial charge in [-0.05, 0) is 77.4 Å². The van der Waals surface area contributed by atoms with Gasteiger partial charge in [-0.2, -0.15) is 9.90 Å². The average Bonchev–Trinajstić information content (AvgIpc) is 3.28. The van der Waals surface area contributed by atoms with Crippen LogP contribution in [0.4, 0.5) is 11.4 Å². The van der Waals surface area contributed by atoms with Crippen LogP contribution in [0.1, 0.15) is 46.2 Å². The second kappa shape index (κ2) is 26.1. The number of nitrogens with two attached hydrogens (primary N) is 1. The van der Waals surface area contributed by atoms with Gasteiger partial charge in [-0.3, -0.25) is 9.13 Å². The van der Waals surface area contributed by atoms with E-state index in [1.165, 1.54) is 0 Å². The average molecular weight is 991 g/mol. The number of hydrogen-bond donors (Lipinski definition) is 3. The van der Waals surface area contributed by atoms with Crippen molar-refractivity contribution in [1.82, 2.24) is 0 Å². The Bertz CT molecular complexity index is 2540. The summed E-state index contributed by atoms with van der Waals surface area (Å²) in [6, 6.07) is 55.7. The monoisotopic (exact) mass is 990 g/mol. The number of rotatable bonds is 4. The van der Waals surface area contributed by atoms with Crippen molar-refractivity contribution in [2.45, 2.75) is 41.7 Å². The minimum atomic E-state index is -4.02. The third-order valence-electron chi connectivity index (χ3n) is 9.99. The van der Waals surface area contributed by atoms with Gasteiger partial charge in [0, 0.05) is 34.6 Å². The van der Waals surface area contributed by atoms with Crippen LogP contribution in [0.15, 0.2) is 176 Å². The standard InChI is InChI=1S/C39H29NO5P2.C6H7N.CH4O2.4CH4.H5P3.H3P/c41-46(37-20-10-6-16-32(37)30-14-4-8-18-35(30)44-46)39(47(42)38-21-11-7-17-33(38)31-15-5-9-19-36(31)45-47)27-22-23-34-28(24-27)25-40(26-43-34)29-12-2-1-3-13-29;7-6-4-2-1-3-5-6;2-1-3;;;;;1-3-2;/h1-24,39H,25-26H2;1-5H,7H2;2-3H,1H2;4*1H4;3H,1-2H2;1H3. The third kappa shape index (κ3) is 12.2. The topological polar surface area (TPSA) is 132 Å². The van der Waals surface area contributed by atoms with Crippen LogP contribution < -0.4 is 35.0 Å². The number of benzene rings is 7. The zero-order valence-electron chi connectivity index (χ0n) is 33.2. The highest BCUT2D eigenvalue weighted by Gasteiger charge is 2.57. The highest BCUT2D eigenvalue weighted by atomic mass is 32.4. The van der Waals surface area contributed by atoms with Gasteiger partial charge in [0.2, 0.25) is 0 Å². The van der Waals surface area contributed by atoms with Gasteiger partial charge >= 0.3 is 0 Å². The van der Waals surface area contributed by atoms with Gasteiger partial charge in [0.05, 0.1) is 10.6 Å². The summed E-state index contributed by atoms with van der Waals surface area (Å²) in [4.78, 5) is 2.14. The lowest BCUT2D eigenvalue weighted by Crippen LogP contribution is -2.32. The van der Waals surface area contributed by atoms with Crippen molar-refractivity contribution < 1.29 is 33.1 Å². The molecule has 3 aliphatic rings. The molecule has 0 fully saturated rings. The molecule has 0 saturated carbocycles. The van der Waals surface area contributed by atoms with Crippen LogP contribution in [-0.4, -0.2) is 23.7 Å². The lowest BCUT2D eigenvalue weighted by Gasteiger charge is -2.40. The molecule has 5 atom stereocenters. The summed E-state index contributed by atoms with van der Waals surface area (Å²) >= 11 is 0. The number of ether oxygens (including phenoxy) is 1. The van der Waals surface area contributed by atoms with Crippen LogP contribution in [0.3, 0.4) is 0 Å². The van der Waals surface area contributed by atoms with Crippen molar-refractivity contribution in [3.63, 3.8) is 0 Å². The summed E-state index contributed by atoms with van der Waals surface area (Å²) in [6.07, 6.45) is 0. The maximum Gasteiger partial charge on any atom is 0.296 e. The van der Waals surface area contributed by atoms with Gasteiger partial charge in [-0.15, -0.1) is 17.9 Å². The molecule has 15 heteroatoms. The fourth-order valence-electron chi connectivity index (χ4n) is 7.51. The summed E-state index contributed by atoms with van der Waals surface area (Å²) in [6.45, 7) is 0.215. The molecule has 10 rings (SSSR count). The zero-order chi connectivity index (χ0) is 42.1. The SMILES string of the molecule is C.C.C.C.Nc1ccccc1.O=P1(C(c2ccc3c(c2)CN(c2ccccc2)CO3)P2(=O)Oc3ccccc3-c3ccccc32)Oc2ccccc2-c2ccccc21.OCO.P.PPP. The molecule has 3 aliphatic heterocycles. The van der Waals surface area contributed by atoms with E-state index in [-0.39, 0.29) is 39.6 Å². The molecule has 5 unspecified atom stereocenters. The Morgan fingerprint density at radius 1 is 0.585 bits per heavy atom. The molecular formula is C50H64N2O7P6. The molecule has 3 heterocycles. The van der Waals surface area contributed by atoms with Gasteiger partial charge in [-0.25, -0.2) is 0 Å². The van der Waals surface area contributed by atoms with Gasteiger partial charge in [0.1, 0.15) is 24.0 Å². The number of fused-ring (bicyclic) bond motifs is 7. The van der Waals surface area contributed by atoms with Crippen LogP contribution in [0.5, 0.6) is 17.2 Å². The first-order valence-electron chi connectivity index (χ1n) is 19.0. The van der Waals surface area contributed by atoms with E-state index in [2.05, 4.69) is 22.8 Å². The van der Waals surface area contributed by atoms with Gasteiger partial charge in [0.15, 0.2) is 12.1 Å². The first-order chi connectivity index (χ1) is 29.2. The Labute approximate surface area is 396 Å². The Balaban J connectivity index is 0.000000713. The van der Waals surface area contributed by atoms with E-state index in [1.807, 2.05) is 176 Å². The van der Waals surface area contributed by atoms with Crippen molar-refractivity contribution in [1.29, 1.82) is 0 Å². The molecule has 9 nitrogen and oxygen atoms in total. The van der Waals surface area contributed by atoms with Gasteiger partial charge < -0.3 is 34.6 Å². The van der Waals surface area contributed by atoms with E-state index >= 15 is 9.13 Å². The molecule has 0 aromatic heterocycles. The van der Waals surface area contributed by atoms with Gasteiger partial charge in [-0.1, -0.05) is 153 Å². The van der Waals surface area contributed by atoms with Crippen LogP contribution in [0.25, 0.3) is 22.3 Å². The molecule has 7 aromatic rings. The molecule has 346 valence electrons. The molecule has 65 heavy (non-hydrogen) atoms. The van der Waals surface area contributed by atoms with Crippen LogP contribution >= 0.6 is 50.5 Å². The van der Waals surface area contributed by atoms with Crippen LogP contribution in [0.2, 0.25) is 0 Å². The molecule has 0 aliphatic carbocycles. The maximum atomic E-state index is 16.1. The highest BCUT2D eigenvalue weighted by molar-refractivity contribution is 8.33. The first-order valence-corrected chi connectivity index (χ1v) is 27.0. The molecule has 0 amide bonds. The zero-order valence-corrected chi connectivity index (χ0v) is 39.7. The van der Waals surface area contributed by atoms with Crippen molar-refractivity contribution in [3.05, 3.63) is 187 Å². The normalized spacial score (nSPS) is 16.6. The Kier molecular flexibility index (Phi) is 22.8. The fraction of sp³-hybridized carbons (Fsp3) is 0.160. The fourth-order valence-corrected chi connectivity index (χ4v) is 14.7. The number of para-hydroxylation sites is 4. The Morgan fingerprint density at radius 3 is 1.43 bits per heavy atom.